The lowest BCUT2D eigenvalue weighted by Crippen LogP contribution is -2.00. The first-order valence-corrected chi connectivity index (χ1v) is 7.13. The molecule has 0 atom stereocenters. The van der Waals surface area contributed by atoms with Gasteiger partial charge in [-0.15, -0.1) is 0 Å². The maximum Gasteiger partial charge on any atom is 0.161 e. The third-order valence-electron chi connectivity index (χ3n) is 2.95. The van der Waals surface area contributed by atoms with E-state index in [4.69, 9.17) is 15.2 Å². The van der Waals surface area contributed by atoms with E-state index >= 15 is 0 Å². The first-order valence-electron chi connectivity index (χ1n) is 7.13. The van der Waals surface area contributed by atoms with Crippen LogP contribution in [-0.2, 0) is 6.61 Å². The van der Waals surface area contributed by atoms with Gasteiger partial charge in [0.15, 0.2) is 11.5 Å². The third-order valence-corrected chi connectivity index (χ3v) is 2.95. The zero-order valence-electron chi connectivity index (χ0n) is 12.3. The summed E-state index contributed by atoms with van der Waals surface area (Å²) in [6.45, 7) is 3.62. The quantitative estimate of drug-likeness (QED) is 0.843. The molecule has 0 aliphatic rings. The summed E-state index contributed by atoms with van der Waals surface area (Å²) in [7, 11) is 0. The molecule has 0 bridgehead atoms. The van der Waals surface area contributed by atoms with Crippen molar-refractivity contribution in [3.05, 3.63) is 65.7 Å². The fraction of sp³-hybridized carbons (Fsp3) is 0.222. The van der Waals surface area contributed by atoms with Crippen LogP contribution < -0.4 is 15.2 Å². The summed E-state index contributed by atoms with van der Waals surface area (Å²) in [4.78, 5) is 0. The van der Waals surface area contributed by atoms with Crippen molar-refractivity contribution >= 4 is 6.08 Å². The van der Waals surface area contributed by atoms with E-state index in [1.165, 1.54) is 0 Å². The molecule has 0 spiro atoms. The highest BCUT2D eigenvalue weighted by molar-refractivity contribution is 5.56. The van der Waals surface area contributed by atoms with Gasteiger partial charge in [-0.05, 0) is 30.2 Å². The van der Waals surface area contributed by atoms with Gasteiger partial charge in [-0.1, -0.05) is 48.6 Å². The minimum absolute atomic E-state index is 0.524. The van der Waals surface area contributed by atoms with Crippen LogP contribution in [0.25, 0.3) is 6.08 Å². The standard InChI is InChI=1S/C18H21NO2/c1-2-20-18-13-15(9-6-12-19)10-11-17(18)21-14-16-7-4-3-5-8-16/h3-11,13H,2,12,14,19H2,1H3. The SMILES string of the molecule is CCOc1cc(C=CCN)ccc1OCc1ccccc1. The highest BCUT2D eigenvalue weighted by Crippen LogP contribution is 2.29. The van der Waals surface area contributed by atoms with Crippen LogP contribution in [-0.4, -0.2) is 13.2 Å². The van der Waals surface area contributed by atoms with Gasteiger partial charge in [-0.25, -0.2) is 0 Å². The number of benzene rings is 2. The maximum absolute atomic E-state index is 5.86. The molecule has 0 unspecified atom stereocenters. The zero-order valence-corrected chi connectivity index (χ0v) is 12.3. The minimum atomic E-state index is 0.524. The Kier molecular flexibility index (Phi) is 5.85. The predicted octanol–water partition coefficient (Wildman–Crippen LogP) is 3.64. The minimum Gasteiger partial charge on any atom is -0.490 e. The number of rotatable bonds is 7. The molecule has 2 N–H and O–H groups in total. The summed E-state index contributed by atoms with van der Waals surface area (Å²) >= 11 is 0. The summed E-state index contributed by atoms with van der Waals surface area (Å²) < 4.78 is 11.5. The van der Waals surface area contributed by atoms with Gasteiger partial charge in [-0.2, -0.15) is 0 Å². The molecule has 0 aromatic heterocycles. The first-order chi connectivity index (χ1) is 10.3. The van der Waals surface area contributed by atoms with E-state index in [2.05, 4.69) is 0 Å². The molecule has 2 aromatic rings. The monoisotopic (exact) mass is 283 g/mol. The Hall–Kier alpha value is -2.26. The van der Waals surface area contributed by atoms with Gasteiger partial charge >= 0.3 is 0 Å². The van der Waals surface area contributed by atoms with Gasteiger partial charge in [-0.3, -0.25) is 0 Å². The van der Waals surface area contributed by atoms with Crippen LogP contribution in [0.5, 0.6) is 11.5 Å². The molecule has 0 saturated carbocycles. The second-order valence-electron chi connectivity index (χ2n) is 4.55. The number of hydrogen-bond acceptors (Lipinski definition) is 3. The van der Waals surface area contributed by atoms with Crippen LogP contribution >= 0.6 is 0 Å². The van der Waals surface area contributed by atoms with Crippen LogP contribution in [0.1, 0.15) is 18.1 Å². The number of ether oxygens (including phenoxy) is 2. The van der Waals surface area contributed by atoms with Crippen molar-refractivity contribution < 1.29 is 9.47 Å². The summed E-state index contributed by atoms with van der Waals surface area (Å²) in [5.41, 5.74) is 7.66. The summed E-state index contributed by atoms with van der Waals surface area (Å²) in [6.07, 6.45) is 3.89. The van der Waals surface area contributed by atoms with Gasteiger partial charge in [0.2, 0.25) is 0 Å². The number of hydrogen-bond donors (Lipinski definition) is 1. The first kappa shape index (κ1) is 15.1. The van der Waals surface area contributed by atoms with Crippen molar-refractivity contribution in [2.24, 2.45) is 5.73 Å². The molecule has 110 valence electrons. The average Bonchev–Trinajstić information content (AvgIpc) is 2.53. The molecule has 21 heavy (non-hydrogen) atoms. The van der Waals surface area contributed by atoms with E-state index in [0.717, 1.165) is 22.6 Å². The van der Waals surface area contributed by atoms with Crippen LogP contribution in [0.15, 0.2) is 54.6 Å². The Morgan fingerprint density at radius 2 is 1.81 bits per heavy atom. The number of nitrogens with two attached hydrogens (primary N) is 1. The van der Waals surface area contributed by atoms with Crippen molar-refractivity contribution in [3.8, 4) is 11.5 Å². The van der Waals surface area contributed by atoms with Gasteiger partial charge in [0.25, 0.3) is 0 Å². The third kappa shape index (κ3) is 4.65. The smallest absolute Gasteiger partial charge is 0.161 e. The van der Waals surface area contributed by atoms with Gasteiger partial charge < -0.3 is 15.2 Å². The van der Waals surface area contributed by atoms with Gasteiger partial charge in [0.1, 0.15) is 6.61 Å². The molecule has 0 fully saturated rings. The van der Waals surface area contributed by atoms with E-state index in [-0.39, 0.29) is 0 Å². The lowest BCUT2D eigenvalue weighted by atomic mass is 10.2. The Balaban J connectivity index is 2.12. The molecule has 0 radical (unpaired) electrons. The van der Waals surface area contributed by atoms with Crippen molar-refractivity contribution in [3.63, 3.8) is 0 Å². The van der Waals surface area contributed by atoms with E-state index in [0.29, 0.717) is 19.8 Å². The van der Waals surface area contributed by atoms with Crippen molar-refractivity contribution in [1.82, 2.24) is 0 Å². The molecular weight excluding hydrogens is 262 g/mol. The average molecular weight is 283 g/mol. The molecule has 0 saturated heterocycles. The lowest BCUT2D eigenvalue weighted by Gasteiger charge is -2.12. The molecule has 3 nitrogen and oxygen atoms in total. The largest absolute Gasteiger partial charge is 0.490 e. The molecule has 0 amide bonds. The molecule has 0 heterocycles. The van der Waals surface area contributed by atoms with E-state index in [9.17, 15) is 0 Å². The molecule has 2 aromatic carbocycles. The Bertz CT molecular complexity index is 579. The lowest BCUT2D eigenvalue weighted by molar-refractivity contribution is 0.269. The second-order valence-corrected chi connectivity index (χ2v) is 4.55. The van der Waals surface area contributed by atoms with E-state index in [1.54, 1.807) is 0 Å². The van der Waals surface area contributed by atoms with Crippen LogP contribution in [0.3, 0.4) is 0 Å². The van der Waals surface area contributed by atoms with Crippen LogP contribution in [0, 0.1) is 0 Å². The van der Waals surface area contributed by atoms with Crippen molar-refractivity contribution in [1.29, 1.82) is 0 Å². The van der Waals surface area contributed by atoms with E-state index < -0.39 is 0 Å². The Labute approximate surface area is 126 Å². The molecule has 0 aliphatic heterocycles. The Morgan fingerprint density at radius 1 is 1.00 bits per heavy atom. The van der Waals surface area contributed by atoms with Crippen molar-refractivity contribution in [2.75, 3.05) is 13.2 Å². The molecular formula is C18H21NO2. The normalized spacial score (nSPS) is 10.8. The highest BCUT2D eigenvalue weighted by Gasteiger charge is 2.06. The van der Waals surface area contributed by atoms with E-state index in [1.807, 2.05) is 67.6 Å². The van der Waals surface area contributed by atoms with Crippen LogP contribution in [0.4, 0.5) is 0 Å². The predicted molar refractivity (Wildman–Crippen MR) is 86.5 cm³/mol. The van der Waals surface area contributed by atoms with Crippen LogP contribution in [0.2, 0.25) is 0 Å². The summed E-state index contributed by atoms with van der Waals surface area (Å²) in [5.74, 6) is 1.51. The Morgan fingerprint density at radius 3 is 2.52 bits per heavy atom. The van der Waals surface area contributed by atoms with Gasteiger partial charge in [0.05, 0.1) is 6.61 Å². The second kappa shape index (κ2) is 8.12. The maximum atomic E-state index is 5.86. The topological polar surface area (TPSA) is 44.5 Å². The van der Waals surface area contributed by atoms with Crippen molar-refractivity contribution in [2.45, 2.75) is 13.5 Å². The summed E-state index contributed by atoms with van der Waals surface area (Å²) in [5, 5.41) is 0. The highest BCUT2D eigenvalue weighted by atomic mass is 16.5. The summed E-state index contributed by atoms with van der Waals surface area (Å²) in [6, 6.07) is 16.0. The fourth-order valence-corrected chi connectivity index (χ4v) is 1.96. The molecule has 0 aliphatic carbocycles. The molecule has 2 rings (SSSR count). The molecule has 3 heteroatoms. The van der Waals surface area contributed by atoms with Gasteiger partial charge in [0, 0.05) is 6.54 Å². The zero-order chi connectivity index (χ0) is 14.9. The fourth-order valence-electron chi connectivity index (χ4n) is 1.96.